The number of methoxy groups -OCH3 is 1. The first-order valence-electron chi connectivity index (χ1n) is 9.78. The van der Waals surface area contributed by atoms with Gasteiger partial charge in [0.15, 0.2) is 0 Å². The lowest BCUT2D eigenvalue weighted by atomic mass is 9.92. The predicted octanol–water partition coefficient (Wildman–Crippen LogP) is 4.24. The van der Waals surface area contributed by atoms with Gasteiger partial charge in [0.2, 0.25) is 5.95 Å². The Morgan fingerprint density at radius 2 is 2.00 bits per heavy atom. The van der Waals surface area contributed by atoms with Crippen molar-refractivity contribution in [1.29, 1.82) is 0 Å². The minimum atomic E-state index is -0.125. The lowest BCUT2D eigenvalue weighted by molar-refractivity contribution is -0.111. The highest BCUT2D eigenvalue weighted by Gasteiger charge is 2.37. The lowest BCUT2D eigenvalue weighted by Gasteiger charge is -2.40. The van der Waals surface area contributed by atoms with E-state index < -0.39 is 0 Å². The molecule has 1 aromatic carbocycles. The maximum absolute atomic E-state index is 11.9. The van der Waals surface area contributed by atoms with Crippen LogP contribution in [-0.2, 0) is 11.3 Å². The minimum absolute atomic E-state index is 0.0324. The largest absolute Gasteiger partial charge is 0.467 e. The van der Waals surface area contributed by atoms with E-state index in [0.717, 1.165) is 59.7 Å². The number of para-hydroxylation sites is 1. The summed E-state index contributed by atoms with van der Waals surface area (Å²) in [5, 5.41) is 0.614. The molecule has 8 heteroatoms. The van der Waals surface area contributed by atoms with E-state index in [-0.39, 0.29) is 12.0 Å². The third kappa shape index (κ3) is 3.13. The summed E-state index contributed by atoms with van der Waals surface area (Å²) in [6.07, 6.45) is 2.62. The van der Waals surface area contributed by atoms with Crippen molar-refractivity contribution in [3.63, 3.8) is 0 Å². The van der Waals surface area contributed by atoms with Crippen LogP contribution in [0.3, 0.4) is 0 Å². The van der Waals surface area contributed by atoms with Crippen LogP contribution in [0, 0.1) is 19.8 Å². The molecule has 0 amide bonds. The molecule has 0 radical (unpaired) electrons. The molecule has 0 aliphatic carbocycles. The second-order valence-electron chi connectivity index (χ2n) is 7.33. The molecule has 0 saturated heterocycles. The fraction of sp³-hybridized carbons (Fsp3) is 0.429. The number of carbonyl (C=O) groups excluding carboxylic acids is 1. The Labute approximate surface area is 174 Å². The van der Waals surface area contributed by atoms with Gasteiger partial charge in [0.05, 0.1) is 34.7 Å². The van der Waals surface area contributed by atoms with Crippen LogP contribution >= 0.6 is 11.6 Å². The smallest absolute Gasteiger partial charge is 0.316 e. The van der Waals surface area contributed by atoms with Gasteiger partial charge in [-0.05, 0) is 38.8 Å². The number of carbonyl (C=O) groups is 1. The molecular weight excluding hydrogens is 390 g/mol. The van der Waals surface area contributed by atoms with Crippen molar-refractivity contribution in [2.24, 2.45) is 5.92 Å². The number of fused-ring (bicyclic) bond motifs is 3. The molecule has 0 N–H and O–H groups in total. The van der Waals surface area contributed by atoms with Crippen molar-refractivity contribution in [1.82, 2.24) is 19.5 Å². The number of ether oxygens (including phenoxy) is 1. The quantitative estimate of drug-likeness (QED) is 0.582. The van der Waals surface area contributed by atoms with Crippen LogP contribution in [0.25, 0.3) is 11.0 Å². The zero-order chi connectivity index (χ0) is 20.7. The molecule has 0 fully saturated rings. The topological polar surface area (TPSA) is 73.1 Å². The van der Waals surface area contributed by atoms with E-state index in [1.54, 1.807) is 7.11 Å². The van der Waals surface area contributed by atoms with E-state index in [1.165, 1.54) is 0 Å². The number of aldehydes is 1. The highest BCUT2D eigenvalue weighted by Crippen LogP contribution is 2.41. The summed E-state index contributed by atoms with van der Waals surface area (Å²) in [7, 11) is 1.55. The highest BCUT2D eigenvalue weighted by atomic mass is 35.5. The number of anilines is 2. The molecule has 29 heavy (non-hydrogen) atoms. The second kappa shape index (κ2) is 7.63. The lowest BCUT2D eigenvalue weighted by Crippen LogP contribution is -2.44. The molecule has 0 spiro atoms. The van der Waals surface area contributed by atoms with E-state index in [0.29, 0.717) is 11.0 Å². The van der Waals surface area contributed by atoms with Crippen molar-refractivity contribution in [3.8, 4) is 6.01 Å². The van der Waals surface area contributed by atoms with Crippen molar-refractivity contribution in [2.75, 3.05) is 12.0 Å². The number of aromatic nitrogens is 4. The summed E-state index contributed by atoms with van der Waals surface area (Å²) in [4.78, 5) is 27.9. The van der Waals surface area contributed by atoms with Gasteiger partial charge in [-0.1, -0.05) is 24.6 Å². The summed E-state index contributed by atoms with van der Waals surface area (Å²) >= 11 is 6.43. The van der Waals surface area contributed by atoms with Gasteiger partial charge in [-0.25, -0.2) is 4.98 Å². The average Bonchev–Trinajstić information content (AvgIpc) is 3.09. The number of rotatable bonds is 5. The predicted molar refractivity (Wildman–Crippen MR) is 113 cm³/mol. The Bertz CT molecular complexity index is 1060. The summed E-state index contributed by atoms with van der Waals surface area (Å²) in [5.74, 6) is 0.643. The maximum Gasteiger partial charge on any atom is 0.316 e. The number of hydrogen-bond donors (Lipinski definition) is 0. The van der Waals surface area contributed by atoms with Crippen molar-refractivity contribution < 1.29 is 9.53 Å². The van der Waals surface area contributed by atoms with Crippen LogP contribution < -0.4 is 9.64 Å². The second-order valence-corrected chi connectivity index (χ2v) is 7.74. The van der Waals surface area contributed by atoms with Gasteiger partial charge in [0, 0.05) is 18.5 Å². The fourth-order valence-electron chi connectivity index (χ4n) is 4.29. The Balaban J connectivity index is 1.98. The monoisotopic (exact) mass is 413 g/mol. The van der Waals surface area contributed by atoms with Crippen molar-refractivity contribution >= 4 is 40.6 Å². The molecule has 0 bridgehead atoms. The molecule has 4 rings (SSSR count). The van der Waals surface area contributed by atoms with Crippen LogP contribution in [0.5, 0.6) is 6.01 Å². The van der Waals surface area contributed by atoms with Gasteiger partial charge in [0.25, 0.3) is 0 Å². The van der Waals surface area contributed by atoms with Gasteiger partial charge in [-0.3, -0.25) is 0 Å². The molecule has 1 aliphatic rings. The van der Waals surface area contributed by atoms with Crippen LogP contribution in [0.2, 0.25) is 5.02 Å². The van der Waals surface area contributed by atoms with Crippen LogP contribution in [0.15, 0.2) is 18.2 Å². The van der Waals surface area contributed by atoms with E-state index in [1.807, 2.05) is 39.0 Å². The maximum atomic E-state index is 11.9. The molecule has 152 valence electrons. The van der Waals surface area contributed by atoms with Gasteiger partial charge in [-0.2, -0.15) is 9.97 Å². The van der Waals surface area contributed by atoms with Crippen LogP contribution in [0.4, 0.5) is 11.6 Å². The molecular formula is C21H24ClN5O2. The van der Waals surface area contributed by atoms with Crippen molar-refractivity contribution in [3.05, 3.63) is 34.6 Å². The van der Waals surface area contributed by atoms with Crippen LogP contribution in [-0.4, -0.2) is 39.0 Å². The number of aryl methyl sites for hydroxylation is 3. The first kappa shape index (κ1) is 19.6. The number of benzene rings is 1. The molecule has 7 nitrogen and oxygen atoms in total. The first-order chi connectivity index (χ1) is 14.0. The molecule has 3 heterocycles. The Hall–Kier alpha value is -2.67. The summed E-state index contributed by atoms with van der Waals surface area (Å²) in [6.45, 7) is 6.67. The van der Waals surface area contributed by atoms with E-state index >= 15 is 0 Å². The van der Waals surface area contributed by atoms with Crippen molar-refractivity contribution in [2.45, 2.75) is 46.2 Å². The normalized spacial score (nSPS) is 17.3. The van der Waals surface area contributed by atoms with E-state index in [4.69, 9.17) is 21.3 Å². The summed E-state index contributed by atoms with van der Waals surface area (Å²) in [6, 6.07) is 6.10. The fourth-order valence-corrected chi connectivity index (χ4v) is 4.51. The van der Waals surface area contributed by atoms with E-state index in [2.05, 4.69) is 19.4 Å². The molecule has 2 unspecified atom stereocenters. The highest BCUT2D eigenvalue weighted by molar-refractivity contribution is 6.35. The minimum Gasteiger partial charge on any atom is -0.467 e. The Kier molecular flexibility index (Phi) is 5.17. The zero-order valence-electron chi connectivity index (χ0n) is 17.0. The number of imidazole rings is 1. The molecule has 2 atom stereocenters. The van der Waals surface area contributed by atoms with Gasteiger partial charge in [-0.15, -0.1) is 0 Å². The SMILES string of the molecule is CCC(C=O)C1CCn2c(nc3c(Cl)cccc32)N1c1c(C)nc(OC)nc1C. The van der Waals surface area contributed by atoms with E-state index in [9.17, 15) is 4.79 Å². The Morgan fingerprint density at radius 3 is 2.62 bits per heavy atom. The van der Waals surface area contributed by atoms with Gasteiger partial charge in [0.1, 0.15) is 11.8 Å². The zero-order valence-corrected chi connectivity index (χ0v) is 17.8. The molecule has 0 saturated carbocycles. The molecule has 1 aliphatic heterocycles. The third-order valence-corrected chi connectivity index (χ3v) is 5.99. The van der Waals surface area contributed by atoms with Crippen LogP contribution in [0.1, 0.15) is 31.2 Å². The third-order valence-electron chi connectivity index (χ3n) is 5.68. The molecule has 2 aromatic heterocycles. The summed E-state index contributed by atoms with van der Waals surface area (Å²) in [5.41, 5.74) is 4.18. The number of hydrogen-bond acceptors (Lipinski definition) is 6. The van der Waals surface area contributed by atoms with Gasteiger partial charge < -0.3 is 19.0 Å². The summed E-state index contributed by atoms with van der Waals surface area (Å²) < 4.78 is 7.40. The standard InChI is InChI=1S/C21H24ClN5O2/c1-5-14(11-28)16-9-10-26-17-8-6-7-15(22)18(17)25-21(26)27(16)19-12(2)23-20(29-4)24-13(19)3/h6-8,11,14,16H,5,9-10H2,1-4H3. The molecule has 3 aromatic rings. The number of halogens is 1. The van der Waals surface area contributed by atoms with Gasteiger partial charge >= 0.3 is 6.01 Å². The first-order valence-corrected chi connectivity index (χ1v) is 10.2. The average molecular weight is 414 g/mol. The number of nitrogens with zero attached hydrogens (tertiary/aromatic N) is 5. The Morgan fingerprint density at radius 1 is 1.28 bits per heavy atom.